The van der Waals surface area contributed by atoms with Crippen LogP contribution in [0.5, 0.6) is 0 Å². The summed E-state index contributed by atoms with van der Waals surface area (Å²) >= 11 is 0. The van der Waals surface area contributed by atoms with E-state index in [9.17, 15) is 4.79 Å². The summed E-state index contributed by atoms with van der Waals surface area (Å²) in [6.45, 7) is 7.00. The Bertz CT molecular complexity index is 517. The van der Waals surface area contributed by atoms with Gasteiger partial charge in [0.1, 0.15) is 11.4 Å². The molecule has 2 heterocycles. The van der Waals surface area contributed by atoms with E-state index >= 15 is 0 Å². The highest BCUT2D eigenvalue weighted by atomic mass is 16.6. The van der Waals surface area contributed by atoms with E-state index in [1.807, 2.05) is 26.8 Å². The average molecular weight is 292 g/mol. The Morgan fingerprint density at radius 1 is 1.33 bits per heavy atom. The summed E-state index contributed by atoms with van der Waals surface area (Å²) in [5, 5.41) is 0. The molecule has 21 heavy (non-hydrogen) atoms. The van der Waals surface area contributed by atoms with Crippen molar-refractivity contribution < 1.29 is 9.53 Å². The number of rotatable bonds is 1. The zero-order valence-electron chi connectivity index (χ0n) is 12.9. The van der Waals surface area contributed by atoms with Crippen LogP contribution < -0.4 is 11.5 Å². The number of carbonyl (C=O) groups excluding carboxylic acids is 1. The quantitative estimate of drug-likeness (QED) is 0.828. The molecule has 1 aliphatic heterocycles. The molecular formula is C15H24N4O2. The number of pyridine rings is 1. The number of piperidine rings is 1. The van der Waals surface area contributed by atoms with Crippen molar-refractivity contribution in [1.29, 1.82) is 0 Å². The van der Waals surface area contributed by atoms with Gasteiger partial charge in [-0.15, -0.1) is 0 Å². The van der Waals surface area contributed by atoms with Crippen LogP contribution in [-0.4, -0.2) is 34.7 Å². The molecule has 6 nitrogen and oxygen atoms in total. The van der Waals surface area contributed by atoms with Gasteiger partial charge < -0.3 is 21.1 Å². The van der Waals surface area contributed by atoms with Crippen molar-refractivity contribution in [3.63, 3.8) is 0 Å². The van der Waals surface area contributed by atoms with E-state index in [1.54, 1.807) is 11.1 Å². The highest BCUT2D eigenvalue weighted by molar-refractivity contribution is 5.68. The number of amides is 1. The minimum atomic E-state index is -0.455. The summed E-state index contributed by atoms with van der Waals surface area (Å²) in [4.78, 5) is 17.9. The molecule has 1 saturated heterocycles. The van der Waals surface area contributed by atoms with Crippen LogP contribution in [0.15, 0.2) is 12.3 Å². The summed E-state index contributed by atoms with van der Waals surface area (Å²) < 4.78 is 5.39. The van der Waals surface area contributed by atoms with E-state index in [-0.39, 0.29) is 6.09 Å². The van der Waals surface area contributed by atoms with Crippen molar-refractivity contribution in [3.05, 3.63) is 17.8 Å². The van der Waals surface area contributed by atoms with Crippen molar-refractivity contribution in [1.82, 2.24) is 9.88 Å². The van der Waals surface area contributed by atoms with Gasteiger partial charge in [-0.05, 0) is 51.2 Å². The molecule has 116 valence electrons. The van der Waals surface area contributed by atoms with Crippen molar-refractivity contribution in [3.8, 4) is 0 Å². The lowest BCUT2D eigenvalue weighted by Gasteiger charge is -2.33. The van der Waals surface area contributed by atoms with Crippen molar-refractivity contribution in [2.24, 2.45) is 0 Å². The number of ether oxygens (including phenoxy) is 1. The van der Waals surface area contributed by atoms with Gasteiger partial charge in [0.05, 0.1) is 5.69 Å². The zero-order valence-corrected chi connectivity index (χ0v) is 12.9. The molecule has 0 aliphatic carbocycles. The zero-order chi connectivity index (χ0) is 15.6. The van der Waals surface area contributed by atoms with Gasteiger partial charge in [0.25, 0.3) is 0 Å². The Labute approximate surface area is 125 Å². The highest BCUT2D eigenvalue weighted by Crippen LogP contribution is 2.30. The van der Waals surface area contributed by atoms with Crippen LogP contribution in [0.4, 0.5) is 16.3 Å². The van der Waals surface area contributed by atoms with Gasteiger partial charge in [-0.1, -0.05) is 0 Å². The van der Waals surface area contributed by atoms with Crippen LogP contribution in [0.3, 0.4) is 0 Å². The molecule has 2 rings (SSSR count). The lowest BCUT2D eigenvalue weighted by Crippen LogP contribution is -2.41. The van der Waals surface area contributed by atoms with Crippen LogP contribution in [0.25, 0.3) is 0 Å². The smallest absolute Gasteiger partial charge is 0.410 e. The minimum Gasteiger partial charge on any atom is -0.444 e. The molecule has 0 aromatic carbocycles. The van der Waals surface area contributed by atoms with Crippen LogP contribution in [0.1, 0.15) is 45.1 Å². The predicted molar refractivity (Wildman–Crippen MR) is 82.8 cm³/mol. The second-order valence-electron chi connectivity index (χ2n) is 6.48. The van der Waals surface area contributed by atoms with E-state index in [4.69, 9.17) is 16.2 Å². The molecule has 1 amide bonds. The Balaban J connectivity index is 1.94. The van der Waals surface area contributed by atoms with Gasteiger partial charge in [0, 0.05) is 19.3 Å². The van der Waals surface area contributed by atoms with Crippen molar-refractivity contribution in [2.75, 3.05) is 24.6 Å². The fourth-order valence-electron chi connectivity index (χ4n) is 2.45. The Morgan fingerprint density at radius 3 is 2.48 bits per heavy atom. The highest BCUT2D eigenvalue weighted by Gasteiger charge is 2.27. The van der Waals surface area contributed by atoms with E-state index in [2.05, 4.69) is 4.98 Å². The number of nitrogens with zero attached hydrogens (tertiary/aromatic N) is 2. The number of anilines is 2. The van der Waals surface area contributed by atoms with Gasteiger partial charge in [-0.2, -0.15) is 0 Å². The molecule has 0 spiro atoms. The number of carbonyl (C=O) groups is 1. The van der Waals surface area contributed by atoms with Crippen molar-refractivity contribution in [2.45, 2.75) is 45.1 Å². The number of likely N-dealkylation sites (tertiary alicyclic amines) is 1. The molecule has 4 N–H and O–H groups in total. The molecule has 0 unspecified atom stereocenters. The third-order valence-electron chi connectivity index (χ3n) is 3.59. The maximum Gasteiger partial charge on any atom is 0.410 e. The molecule has 6 heteroatoms. The number of nitrogen functional groups attached to an aromatic ring is 2. The molecule has 1 aliphatic rings. The van der Waals surface area contributed by atoms with E-state index < -0.39 is 5.60 Å². The molecule has 0 atom stereocenters. The standard InChI is InChI=1S/C15H24N4O2/c1-15(2,3)21-14(20)19-6-4-10(5-7-19)11-8-12(16)13(17)18-9-11/h8-10H,4-7,16H2,1-3H3,(H2,17,18). The third-order valence-corrected chi connectivity index (χ3v) is 3.59. The largest absolute Gasteiger partial charge is 0.444 e. The van der Waals surface area contributed by atoms with E-state index in [0.29, 0.717) is 30.5 Å². The number of aromatic nitrogens is 1. The third kappa shape index (κ3) is 4.00. The van der Waals surface area contributed by atoms with Gasteiger partial charge in [-0.3, -0.25) is 0 Å². The first-order chi connectivity index (χ1) is 9.76. The van der Waals surface area contributed by atoms with Crippen LogP contribution in [0, 0.1) is 0 Å². The molecule has 0 saturated carbocycles. The summed E-state index contributed by atoms with van der Waals surface area (Å²) in [7, 11) is 0. The maximum absolute atomic E-state index is 12.0. The Morgan fingerprint density at radius 2 is 1.95 bits per heavy atom. The van der Waals surface area contributed by atoms with Gasteiger partial charge in [0.15, 0.2) is 0 Å². The Hall–Kier alpha value is -1.98. The summed E-state index contributed by atoms with van der Waals surface area (Å²) in [5.74, 6) is 0.726. The monoisotopic (exact) mass is 292 g/mol. The van der Waals surface area contributed by atoms with Gasteiger partial charge in [-0.25, -0.2) is 9.78 Å². The van der Waals surface area contributed by atoms with Crippen molar-refractivity contribution >= 4 is 17.6 Å². The lowest BCUT2D eigenvalue weighted by atomic mass is 9.90. The fraction of sp³-hybridized carbons (Fsp3) is 0.600. The summed E-state index contributed by atoms with van der Waals surface area (Å²) in [5.41, 5.74) is 12.6. The molecule has 0 radical (unpaired) electrons. The molecule has 1 aromatic rings. The molecule has 1 fully saturated rings. The fourth-order valence-corrected chi connectivity index (χ4v) is 2.45. The predicted octanol–water partition coefficient (Wildman–Crippen LogP) is 2.36. The van der Waals surface area contributed by atoms with Gasteiger partial charge in [0.2, 0.25) is 0 Å². The number of hydrogen-bond acceptors (Lipinski definition) is 5. The first-order valence-electron chi connectivity index (χ1n) is 7.25. The summed E-state index contributed by atoms with van der Waals surface area (Å²) in [6.07, 6.45) is 3.30. The van der Waals surface area contributed by atoms with Crippen LogP contribution in [0.2, 0.25) is 0 Å². The first-order valence-corrected chi connectivity index (χ1v) is 7.25. The van der Waals surface area contributed by atoms with Crippen LogP contribution in [-0.2, 0) is 4.74 Å². The van der Waals surface area contributed by atoms with E-state index in [1.165, 1.54) is 0 Å². The Kier molecular flexibility index (Phi) is 4.25. The molecule has 1 aromatic heterocycles. The molecule has 0 bridgehead atoms. The average Bonchev–Trinajstić information content (AvgIpc) is 2.40. The normalized spacial score (nSPS) is 16.8. The number of hydrogen-bond donors (Lipinski definition) is 2. The topological polar surface area (TPSA) is 94.5 Å². The van der Waals surface area contributed by atoms with Gasteiger partial charge >= 0.3 is 6.09 Å². The summed E-state index contributed by atoms with van der Waals surface area (Å²) in [6, 6.07) is 1.89. The SMILES string of the molecule is CC(C)(C)OC(=O)N1CCC(c2cnc(N)c(N)c2)CC1. The maximum atomic E-state index is 12.0. The molecular weight excluding hydrogens is 268 g/mol. The second-order valence-corrected chi connectivity index (χ2v) is 6.48. The second kappa shape index (κ2) is 5.79. The lowest BCUT2D eigenvalue weighted by molar-refractivity contribution is 0.0205. The number of nitrogens with two attached hydrogens (primary N) is 2. The minimum absolute atomic E-state index is 0.240. The van der Waals surface area contributed by atoms with Crippen LogP contribution >= 0.6 is 0 Å². The first kappa shape index (κ1) is 15.4. The van der Waals surface area contributed by atoms with E-state index in [0.717, 1.165) is 18.4 Å².